The van der Waals surface area contributed by atoms with E-state index in [4.69, 9.17) is 9.81 Å². The first-order valence-corrected chi connectivity index (χ1v) is 7.70. The van der Waals surface area contributed by atoms with Crippen LogP contribution in [0.25, 0.3) is 0 Å². The molecule has 0 atom stereocenters. The Morgan fingerprint density at radius 3 is 2.50 bits per heavy atom. The Morgan fingerprint density at radius 1 is 1.25 bits per heavy atom. The highest BCUT2D eigenvalue weighted by atomic mass is 32.2. The number of hydrogen-bond acceptors (Lipinski definition) is 5. The van der Waals surface area contributed by atoms with Crippen molar-refractivity contribution in [3.8, 4) is 0 Å². The number of unbranched alkanes of at least 4 members (excludes halogenated alkanes) is 2. The van der Waals surface area contributed by atoms with Crippen LogP contribution < -0.4 is 0 Å². The molecule has 0 bridgehead atoms. The highest BCUT2D eigenvalue weighted by Crippen LogP contribution is 2.18. The maximum Gasteiger partial charge on any atom is 0.342 e. The predicted octanol–water partition coefficient (Wildman–Crippen LogP) is 2.36. The van der Waals surface area contributed by atoms with E-state index in [0.29, 0.717) is 12.0 Å². The van der Waals surface area contributed by atoms with E-state index in [1.807, 2.05) is 0 Å². The van der Waals surface area contributed by atoms with Crippen molar-refractivity contribution in [2.45, 2.75) is 43.9 Å². The quantitative estimate of drug-likeness (QED) is 0.347. The van der Waals surface area contributed by atoms with Crippen LogP contribution in [-0.2, 0) is 26.2 Å². The first kappa shape index (κ1) is 16.6. The van der Waals surface area contributed by atoms with E-state index in [-0.39, 0.29) is 11.3 Å². The van der Waals surface area contributed by atoms with Crippen LogP contribution in [0.15, 0.2) is 23.1 Å². The molecular weight excluding hydrogens is 284 g/mol. The summed E-state index contributed by atoms with van der Waals surface area (Å²) in [5, 5.41) is 8.07. The molecule has 6 nitrogen and oxygen atoms in total. The van der Waals surface area contributed by atoms with Crippen molar-refractivity contribution >= 4 is 16.1 Å². The van der Waals surface area contributed by atoms with Gasteiger partial charge in [0, 0.05) is 6.42 Å². The second-order valence-corrected chi connectivity index (χ2v) is 5.99. The SMILES string of the molecule is Cc1cc(CCCCCC(=O)OO)ccc1S(=O)(=O)O. The summed E-state index contributed by atoms with van der Waals surface area (Å²) in [4.78, 5) is 14.1. The van der Waals surface area contributed by atoms with E-state index in [9.17, 15) is 13.2 Å². The zero-order chi connectivity index (χ0) is 15.2. The summed E-state index contributed by atoms with van der Waals surface area (Å²) < 4.78 is 31.1. The molecule has 0 aliphatic carbocycles. The van der Waals surface area contributed by atoms with Crippen LogP contribution in [0.4, 0.5) is 0 Å². The Hall–Kier alpha value is -1.44. The molecule has 1 aromatic rings. The Labute approximate surface area is 118 Å². The van der Waals surface area contributed by atoms with E-state index in [0.717, 1.165) is 24.8 Å². The summed E-state index contributed by atoms with van der Waals surface area (Å²) in [6.07, 6.45) is 3.19. The standard InChI is InChI=1S/C13H18O6S/c1-10-9-11(7-8-12(10)20(16,17)18)5-3-2-4-6-13(14)19-15/h7-9,15H,2-6H2,1H3,(H,16,17,18). The van der Waals surface area contributed by atoms with Crippen LogP contribution >= 0.6 is 0 Å². The molecule has 0 heterocycles. The van der Waals surface area contributed by atoms with Gasteiger partial charge in [-0.05, 0) is 43.4 Å². The zero-order valence-corrected chi connectivity index (χ0v) is 12.0. The third kappa shape index (κ3) is 5.28. The van der Waals surface area contributed by atoms with Crippen molar-refractivity contribution in [1.29, 1.82) is 0 Å². The molecule has 1 rings (SSSR count). The van der Waals surface area contributed by atoms with Gasteiger partial charge in [-0.3, -0.25) is 4.55 Å². The van der Waals surface area contributed by atoms with Crippen LogP contribution in [0.5, 0.6) is 0 Å². The third-order valence-electron chi connectivity index (χ3n) is 2.97. The lowest BCUT2D eigenvalue weighted by Gasteiger charge is -2.06. The minimum Gasteiger partial charge on any atom is -0.301 e. The van der Waals surface area contributed by atoms with Crippen LogP contribution in [0.1, 0.15) is 36.8 Å². The normalized spacial score (nSPS) is 11.3. The molecule has 2 N–H and O–H groups in total. The maximum absolute atomic E-state index is 11.0. The molecule has 0 unspecified atom stereocenters. The number of carbonyl (C=O) groups is 1. The number of carbonyl (C=O) groups excluding carboxylic acids is 1. The lowest BCUT2D eigenvalue weighted by molar-refractivity contribution is -0.234. The van der Waals surface area contributed by atoms with Crippen molar-refractivity contribution in [1.82, 2.24) is 0 Å². The van der Waals surface area contributed by atoms with Gasteiger partial charge in [-0.15, -0.1) is 0 Å². The smallest absolute Gasteiger partial charge is 0.301 e. The van der Waals surface area contributed by atoms with Gasteiger partial charge in [-0.1, -0.05) is 18.6 Å². The topological polar surface area (TPSA) is 101 Å². The number of hydrogen-bond donors (Lipinski definition) is 2. The minimum atomic E-state index is -4.17. The van der Waals surface area contributed by atoms with Gasteiger partial charge in [0.15, 0.2) is 0 Å². The molecular formula is C13H18O6S. The summed E-state index contributed by atoms with van der Waals surface area (Å²) >= 11 is 0. The summed E-state index contributed by atoms with van der Waals surface area (Å²) in [7, 11) is -4.17. The van der Waals surface area contributed by atoms with Gasteiger partial charge in [-0.25, -0.2) is 4.79 Å². The molecule has 0 fully saturated rings. The molecule has 0 spiro atoms. The highest BCUT2D eigenvalue weighted by molar-refractivity contribution is 7.85. The molecule has 0 amide bonds. The van der Waals surface area contributed by atoms with Gasteiger partial charge < -0.3 is 4.89 Å². The summed E-state index contributed by atoms with van der Waals surface area (Å²) in [6, 6.07) is 4.78. The number of benzene rings is 1. The largest absolute Gasteiger partial charge is 0.342 e. The molecule has 7 heteroatoms. The van der Waals surface area contributed by atoms with Crippen molar-refractivity contribution in [3.63, 3.8) is 0 Å². The molecule has 0 radical (unpaired) electrons. The molecule has 0 saturated carbocycles. The van der Waals surface area contributed by atoms with E-state index in [1.165, 1.54) is 6.07 Å². The summed E-state index contributed by atoms with van der Waals surface area (Å²) in [6.45, 7) is 1.63. The monoisotopic (exact) mass is 302 g/mol. The van der Waals surface area contributed by atoms with Gasteiger partial charge in [0.2, 0.25) is 0 Å². The minimum absolute atomic E-state index is 0.0769. The zero-order valence-electron chi connectivity index (χ0n) is 11.2. The van der Waals surface area contributed by atoms with Crippen LogP contribution in [0.2, 0.25) is 0 Å². The van der Waals surface area contributed by atoms with Crippen LogP contribution in [-0.4, -0.2) is 24.2 Å². The predicted molar refractivity (Wildman–Crippen MR) is 71.9 cm³/mol. The summed E-state index contributed by atoms with van der Waals surface area (Å²) in [5.41, 5.74) is 1.48. The average molecular weight is 302 g/mol. The highest BCUT2D eigenvalue weighted by Gasteiger charge is 2.12. The second kappa shape index (κ2) is 7.37. The fourth-order valence-corrected chi connectivity index (χ4v) is 2.68. The number of rotatable bonds is 7. The third-order valence-corrected chi connectivity index (χ3v) is 3.98. The number of aryl methyl sites for hydroxylation is 2. The second-order valence-electron chi connectivity index (χ2n) is 4.60. The first-order chi connectivity index (χ1) is 9.34. The van der Waals surface area contributed by atoms with Crippen molar-refractivity contribution in [2.24, 2.45) is 0 Å². The Bertz CT molecular complexity index is 564. The first-order valence-electron chi connectivity index (χ1n) is 6.26. The van der Waals surface area contributed by atoms with Crippen LogP contribution in [0.3, 0.4) is 0 Å². The van der Waals surface area contributed by atoms with E-state index in [1.54, 1.807) is 19.1 Å². The lowest BCUT2D eigenvalue weighted by atomic mass is 10.0. The molecule has 0 saturated heterocycles. The maximum atomic E-state index is 11.0. The molecule has 0 aliphatic rings. The van der Waals surface area contributed by atoms with Gasteiger partial charge in [-0.2, -0.15) is 13.7 Å². The molecule has 1 aromatic carbocycles. The van der Waals surface area contributed by atoms with E-state index >= 15 is 0 Å². The van der Waals surface area contributed by atoms with Crippen molar-refractivity contribution < 1.29 is 27.9 Å². The lowest BCUT2D eigenvalue weighted by Crippen LogP contribution is -2.02. The van der Waals surface area contributed by atoms with Gasteiger partial charge >= 0.3 is 5.97 Å². The fraction of sp³-hybridized carbons (Fsp3) is 0.462. The van der Waals surface area contributed by atoms with E-state index < -0.39 is 16.1 Å². The Kier molecular flexibility index (Phi) is 6.12. The van der Waals surface area contributed by atoms with Crippen molar-refractivity contribution in [3.05, 3.63) is 29.3 Å². The Morgan fingerprint density at radius 2 is 1.95 bits per heavy atom. The summed E-state index contributed by atoms with van der Waals surface area (Å²) in [5.74, 6) is -0.640. The van der Waals surface area contributed by atoms with Gasteiger partial charge in [0.25, 0.3) is 10.1 Å². The fourth-order valence-electron chi connectivity index (χ4n) is 1.98. The van der Waals surface area contributed by atoms with E-state index in [2.05, 4.69) is 4.89 Å². The Balaban J connectivity index is 2.46. The molecule has 0 aliphatic heterocycles. The van der Waals surface area contributed by atoms with Gasteiger partial charge in [0.1, 0.15) is 0 Å². The average Bonchev–Trinajstić information content (AvgIpc) is 2.36. The van der Waals surface area contributed by atoms with Gasteiger partial charge in [0.05, 0.1) is 4.90 Å². The van der Waals surface area contributed by atoms with Crippen LogP contribution in [0, 0.1) is 6.92 Å². The molecule has 0 aromatic heterocycles. The van der Waals surface area contributed by atoms with Crippen molar-refractivity contribution in [2.75, 3.05) is 0 Å². The molecule has 20 heavy (non-hydrogen) atoms. The molecule has 112 valence electrons.